The Morgan fingerprint density at radius 1 is 1.36 bits per heavy atom. The van der Waals surface area contributed by atoms with Gasteiger partial charge >= 0.3 is 0 Å². The van der Waals surface area contributed by atoms with Crippen LogP contribution in [0.5, 0.6) is 17.2 Å². The smallest absolute Gasteiger partial charge is 0.179 e. The first-order valence-electron chi connectivity index (χ1n) is 4.48. The first-order chi connectivity index (χ1) is 6.70. The van der Waals surface area contributed by atoms with Crippen LogP contribution in [0.4, 0.5) is 0 Å². The molecule has 0 spiro atoms. The molecule has 1 aliphatic heterocycles. The molecule has 76 valence electrons. The Hall–Kier alpha value is -0.900. The minimum absolute atomic E-state index is 0.217. The van der Waals surface area contributed by atoms with E-state index in [-0.39, 0.29) is 5.75 Å². The van der Waals surface area contributed by atoms with Crippen LogP contribution in [0.1, 0.15) is 12.0 Å². The molecule has 0 aromatic heterocycles. The van der Waals surface area contributed by atoms with Crippen molar-refractivity contribution in [2.45, 2.75) is 13.3 Å². The minimum Gasteiger partial charge on any atom is -0.506 e. The van der Waals surface area contributed by atoms with E-state index in [9.17, 15) is 5.11 Å². The molecule has 0 fully saturated rings. The number of phenols is 1. The summed E-state index contributed by atoms with van der Waals surface area (Å²) in [5, 5.41) is 9.67. The number of phenolic OH excluding ortho intramolecular Hbond substituents is 1. The molecule has 3 nitrogen and oxygen atoms in total. The molecule has 1 N–H and O–H groups in total. The van der Waals surface area contributed by atoms with Gasteiger partial charge in [-0.05, 0) is 34.5 Å². The first-order valence-corrected chi connectivity index (χ1v) is 5.27. The maximum Gasteiger partial charge on any atom is 0.179 e. The Bertz CT molecular complexity index is 363. The van der Waals surface area contributed by atoms with Crippen molar-refractivity contribution < 1.29 is 14.6 Å². The highest BCUT2D eigenvalue weighted by Gasteiger charge is 2.18. The predicted molar refractivity (Wildman–Crippen MR) is 56.2 cm³/mol. The van der Waals surface area contributed by atoms with Crippen LogP contribution in [-0.2, 0) is 0 Å². The average Bonchev–Trinajstić information content (AvgIpc) is 2.39. The standard InChI is InChI=1S/C10H11BrO3/c1-6-5-7-10(8(11)9(6)12)14-4-2-3-13-7/h5,12H,2-4H2,1H3. The zero-order valence-electron chi connectivity index (χ0n) is 7.84. The molecular weight excluding hydrogens is 248 g/mol. The maximum absolute atomic E-state index is 9.67. The van der Waals surface area contributed by atoms with Crippen molar-refractivity contribution in [2.24, 2.45) is 0 Å². The van der Waals surface area contributed by atoms with Crippen LogP contribution in [0.25, 0.3) is 0 Å². The number of fused-ring (bicyclic) bond motifs is 1. The predicted octanol–water partition coefficient (Wildman–Crippen LogP) is 2.62. The lowest BCUT2D eigenvalue weighted by Crippen LogP contribution is -1.97. The van der Waals surface area contributed by atoms with Crippen molar-refractivity contribution >= 4 is 15.9 Å². The quantitative estimate of drug-likeness (QED) is 0.778. The summed E-state index contributed by atoms with van der Waals surface area (Å²) in [7, 11) is 0. The van der Waals surface area contributed by atoms with Gasteiger partial charge in [0.15, 0.2) is 11.5 Å². The number of ether oxygens (including phenoxy) is 2. The summed E-state index contributed by atoms with van der Waals surface area (Å²) in [4.78, 5) is 0. The van der Waals surface area contributed by atoms with Crippen LogP contribution in [0.15, 0.2) is 10.5 Å². The summed E-state index contributed by atoms with van der Waals surface area (Å²) in [6.45, 7) is 3.10. The highest BCUT2D eigenvalue weighted by Crippen LogP contribution is 2.44. The summed E-state index contributed by atoms with van der Waals surface area (Å²) in [5.41, 5.74) is 0.779. The van der Waals surface area contributed by atoms with E-state index in [0.717, 1.165) is 12.0 Å². The molecule has 0 amide bonds. The number of hydrogen-bond acceptors (Lipinski definition) is 3. The zero-order chi connectivity index (χ0) is 10.1. The molecule has 2 rings (SSSR count). The molecule has 14 heavy (non-hydrogen) atoms. The van der Waals surface area contributed by atoms with Crippen LogP contribution in [0.3, 0.4) is 0 Å². The molecule has 0 atom stereocenters. The average molecular weight is 259 g/mol. The van der Waals surface area contributed by atoms with Gasteiger partial charge in [-0.25, -0.2) is 0 Å². The fourth-order valence-electron chi connectivity index (χ4n) is 1.38. The molecule has 1 aliphatic rings. The van der Waals surface area contributed by atoms with Crippen molar-refractivity contribution in [1.82, 2.24) is 0 Å². The van der Waals surface area contributed by atoms with Gasteiger partial charge in [-0.15, -0.1) is 0 Å². The fraction of sp³-hybridized carbons (Fsp3) is 0.400. The molecule has 0 unspecified atom stereocenters. The Kier molecular flexibility index (Phi) is 2.54. The molecule has 0 bridgehead atoms. The second-order valence-corrected chi connectivity index (χ2v) is 4.03. The number of hydrogen-bond donors (Lipinski definition) is 1. The molecule has 1 aromatic carbocycles. The maximum atomic E-state index is 9.67. The normalized spacial score (nSPS) is 15.0. The molecule has 1 heterocycles. The van der Waals surface area contributed by atoms with Gasteiger partial charge < -0.3 is 14.6 Å². The Morgan fingerprint density at radius 3 is 2.86 bits per heavy atom. The van der Waals surface area contributed by atoms with Gasteiger partial charge in [-0.1, -0.05) is 0 Å². The number of rotatable bonds is 0. The van der Waals surface area contributed by atoms with Crippen molar-refractivity contribution in [3.63, 3.8) is 0 Å². The van der Waals surface area contributed by atoms with E-state index >= 15 is 0 Å². The van der Waals surface area contributed by atoms with Crippen molar-refractivity contribution in [1.29, 1.82) is 0 Å². The third kappa shape index (κ3) is 1.54. The van der Waals surface area contributed by atoms with E-state index in [2.05, 4.69) is 15.9 Å². The summed E-state index contributed by atoms with van der Waals surface area (Å²) >= 11 is 3.30. The lowest BCUT2D eigenvalue weighted by Gasteiger charge is -2.11. The van der Waals surface area contributed by atoms with Gasteiger partial charge in [0, 0.05) is 6.42 Å². The van der Waals surface area contributed by atoms with E-state index < -0.39 is 0 Å². The third-order valence-electron chi connectivity index (χ3n) is 2.14. The Labute approximate surface area is 90.8 Å². The zero-order valence-corrected chi connectivity index (χ0v) is 9.43. The third-order valence-corrected chi connectivity index (χ3v) is 2.88. The van der Waals surface area contributed by atoms with E-state index in [1.807, 2.05) is 6.92 Å². The number of benzene rings is 1. The molecule has 0 saturated carbocycles. The largest absolute Gasteiger partial charge is 0.506 e. The number of aromatic hydroxyl groups is 1. The van der Waals surface area contributed by atoms with Gasteiger partial charge in [-0.3, -0.25) is 0 Å². The van der Waals surface area contributed by atoms with Crippen molar-refractivity contribution in [3.8, 4) is 17.2 Å². The van der Waals surface area contributed by atoms with Gasteiger partial charge in [-0.2, -0.15) is 0 Å². The van der Waals surface area contributed by atoms with Crippen LogP contribution >= 0.6 is 15.9 Å². The van der Waals surface area contributed by atoms with Crippen LogP contribution < -0.4 is 9.47 Å². The van der Waals surface area contributed by atoms with E-state index in [4.69, 9.17) is 9.47 Å². The first kappa shape index (κ1) is 9.65. The van der Waals surface area contributed by atoms with Gasteiger partial charge in [0.05, 0.1) is 13.2 Å². The lowest BCUT2D eigenvalue weighted by molar-refractivity contribution is 0.296. The molecule has 4 heteroatoms. The van der Waals surface area contributed by atoms with E-state index in [0.29, 0.717) is 29.2 Å². The molecule has 0 saturated heterocycles. The van der Waals surface area contributed by atoms with Gasteiger partial charge in [0.2, 0.25) is 0 Å². The number of aryl methyl sites for hydroxylation is 1. The topological polar surface area (TPSA) is 38.7 Å². The van der Waals surface area contributed by atoms with Crippen LogP contribution in [0, 0.1) is 6.92 Å². The molecule has 0 aliphatic carbocycles. The molecule has 1 aromatic rings. The van der Waals surface area contributed by atoms with Crippen molar-refractivity contribution in [3.05, 3.63) is 16.1 Å². The lowest BCUT2D eigenvalue weighted by atomic mass is 10.2. The summed E-state index contributed by atoms with van der Waals surface area (Å²) in [6.07, 6.45) is 0.862. The summed E-state index contributed by atoms with van der Waals surface area (Å²) in [6, 6.07) is 1.79. The van der Waals surface area contributed by atoms with Crippen molar-refractivity contribution in [2.75, 3.05) is 13.2 Å². The van der Waals surface area contributed by atoms with Gasteiger partial charge in [0.25, 0.3) is 0 Å². The monoisotopic (exact) mass is 258 g/mol. The number of halogens is 1. The van der Waals surface area contributed by atoms with E-state index in [1.165, 1.54) is 0 Å². The molecule has 0 radical (unpaired) electrons. The Balaban J connectivity index is 2.55. The SMILES string of the molecule is Cc1cc2c(c(Br)c1O)OCCCO2. The summed E-state index contributed by atoms with van der Waals surface area (Å²) in [5.74, 6) is 1.52. The minimum atomic E-state index is 0.217. The fourth-order valence-corrected chi connectivity index (χ4v) is 2.00. The highest BCUT2D eigenvalue weighted by atomic mass is 79.9. The highest BCUT2D eigenvalue weighted by molar-refractivity contribution is 9.10. The second kappa shape index (κ2) is 3.69. The second-order valence-electron chi connectivity index (χ2n) is 3.23. The van der Waals surface area contributed by atoms with Crippen LogP contribution in [-0.4, -0.2) is 18.3 Å². The van der Waals surface area contributed by atoms with E-state index in [1.54, 1.807) is 6.07 Å². The Morgan fingerprint density at radius 2 is 2.07 bits per heavy atom. The van der Waals surface area contributed by atoms with Gasteiger partial charge in [0.1, 0.15) is 10.2 Å². The van der Waals surface area contributed by atoms with Crippen LogP contribution in [0.2, 0.25) is 0 Å². The molecular formula is C10H11BrO3. The summed E-state index contributed by atoms with van der Waals surface area (Å²) < 4.78 is 11.6.